The van der Waals surface area contributed by atoms with Crippen molar-refractivity contribution in [2.75, 3.05) is 33.9 Å². The summed E-state index contributed by atoms with van der Waals surface area (Å²) in [5, 5.41) is 5.02. The van der Waals surface area contributed by atoms with Crippen molar-refractivity contribution >= 4 is 23.8 Å². The van der Waals surface area contributed by atoms with Crippen LogP contribution in [0.25, 0.3) is 0 Å². The van der Waals surface area contributed by atoms with Gasteiger partial charge in [-0.25, -0.2) is 9.59 Å². The Balaban J connectivity index is 2.70. The Labute approximate surface area is 151 Å². The van der Waals surface area contributed by atoms with E-state index in [0.29, 0.717) is 6.54 Å². The van der Waals surface area contributed by atoms with Crippen LogP contribution in [0.1, 0.15) is 34.1 Å². The van der Waals surface area contributed by atoms with E-state index in [2.05, 4.69) is 20.1 Å². The van der Waals surface area contributed by atoms with Crippen LogP contribution < -0.4 is 15.4 Å². The summed E-state index contributed by atoms with van der Waals surface area (Å²) in [6.07, 6.45) is 0.794. The van der Waals surface area contributed by atoms with Crippen molar-refractivity contribution in [3.63, 3.8) is 0 Å². The molecule has 142 valence electrons. The number of hydrogen-bond acceptors (Lipinski definition) is 7. The fraction of sp³-hybridized carbons (Fsp3) is 0.412. The molecule has 2 N–H and O–H groups in total. The molecule has 0 unspecified atom stereocenters. The van der Waals surface area contributed by atoms with Gasteiger partial charge in [0.05, 0.1) is 31.9 Å². The zero-order valence-corrected chi connectivity index (χ0v) is 14.9. The zero-order valence-electron chi connectivity index (χ0n) is 14.9. The predicted octanol–water partition coefficient (Wildman–Crippen LogP) is 0.281. The SMILES string of the molecule is CCCNC(=O)CNC(=O)COc1cc(C(=O)OC)cc(C(=O)OC)c1. The molecule has 0 heterocycles. The van der Waals surface area contributed by atoms with Gasteiger partial charge in [-0.1, -0.05) is 6.92 Å². The molecule has 9 nitrogen and oxygen atoms in total. The van der Waals surface area contributed by atoms with Gasteiger partial charge in [0, 0.05) is 6.54 Å². The Hall–Kier alpha value is -3.10. The predicted molar refractivity (Wildman–Crippen MR) is 90.9 cm³/mol. The first kappa shape index (κ1) is 20.9. The maximum atomic E-state index is 11.7. The molecule has 2 amide bonds. The lowest BCUT2D eigenvalue weighted by Crippen LogP contribution is -2.39. The van der Waals surface area contributed by atoms with Gasteiger partial charge in [-0.15, -0.1) is 0 Å². The van der Waals surface area contributed by atoms with E-state index in [-0.39, 0.29) is 29.3 Å². The fourth-order valence-corrected chi connectivity index (χ4v) is 1.86. The van der Waals surface area contributed by atoms with E-state index in [9.17, 15) is 19.2 Å². The molecule has 0 saturated heterocycles. The summed E-state index contributed by atoms with van der Waals surface area (Å²) in [6.45, 7) is 1.88. The summed E-state index contributed by atoms with van der Waals surface area (Å²) < 4.78 is 14.5. The monoisotopic (exact) mass is 366 g/mol. The van der Waals surface area contributed by atoms with Crippen LogP contribution in [0.2, 0.25) is 0 Å². The minimum absolute atomic E-state index is 0.0738. The maximum Gasteiger partial charge on any atom is 0.338 e. The van der Waals surface area contributed by atoms with Crippen molar-refractivity contribution in [1.29, 1.82) is 0 Å². The molecular formula is C17H22N2O7. The summed E-state index contributed by atoms with van der Waals surface area (Å²) >= 11 is 0. The van der Waals surface area contributed by atoms with Crippen LogP contribution in [-0.2, 0) is 19.1 Å². The van der Waals surface area contributed by atoms with Gasteiger partial charge >= 0.3 is 11.9 Å². The van der Waals surface area contributed by atoms with E-state index in [4.69, 9.17) is 4.74 Å². The molecule has 0 atom stereocenters. The normalized spacial score (nSPS) is 9.81. The Morgan fingerprint density at radius 3 is 1.96 bits per heavy atom. The van der Waals surface area contributed by atoms with Gasteiger partial charge in [-0.2, -0.15) is 0 Å². The van der Waals surface area contributed by atoms with Gasteiger partial charge < -0.3 is 24.8 Å². The Morgan fingerprint density at radius 2 is 1.46 bits per heavy atom. The molecule has 0 aliphatic rings. The minimum Gasteiger partial charge on any atom is -0.484 e. The van der Waals surface area contributed by atoms with Crippen LogP contribution in [0.4, 0.5) is 0 Å². The molecule has 0 radical (unpaired) electrons. The van der Waals surface area contributed by atoms with Crippen LogP contribution >= 0.6 is 0 Å². The lowest BCUT2D eigenvalue weighted by Gasteiger charge is -2.10. The number of hydrogen-bond donors (Lipinski definition) is 2. The summed E-state index contributed by atoms with van der Waals surface area (Å²) in [4.78, 5) is 46.5. The second-order valence-electron chi connectivity index (χ2n) is 5.14. The summed E-state index contributed by atoms with van der Waals surface area (Å²) in [6, 6.07) is 3.96. The topological polar surface area (TPSA) is 120 Å². The summed E-state index contributed by atoms with van der Waals surface area (Å²) in [5.74, 6) is -2.06. The molecule has 0 aliphatic heterocycles. The standard InChI is InChI=1S/C17H22N2O7/c1-4-5-18-14(20)9-19-15(21)10-26-13-7-11(16(22)24-2)6-12(8-13)17(23)25-3/h6-8H,4-5,9-10H2,1-3H3,(H,18,20)(H,19,21). The van der Waals surface area contributed by atoms with Crippen molar-refractivity contribution in [3.05, 3.63) is 29.3 Å². The Kier molecular flexibility index (Phi) is 8.62. The van der Waals surface area contributed by atoms with E-state index < -0.39 is 24.5 Å². The second-order valence-corrected chi connectivity index (χ2v) is 5.14. The van der Waals surface area contributed by atoms with Gasteiger partial charge in [0.2, 0.25) is 5.91 Å². The number of benzene rings is 1. The zero-order chi connectivity index (χ0) is 19.5. The number of methoxy groups -OCH3 is 2. The third kappa shape index (κ3) is 6.80. The minimum atomic E-state index is -0.669. The molecule has 0 spiro atoms. The van der Waals surface area contributed by atoms with E-state index >= 15 is 0 Å². The first-order valence-corrected chi connectivity index (χ1v) is 7.89. The highest BCUT2D eigenvalue weighted by atomic mass is 16.5. The third-order valence-electron chi connectivity index (χ3n) is 3.14. The largest absolute Gasteiger partial charge is 0.484 e. The number of carbonyl (C=O) groups is 4. The van der Waals surface area contributed by atoms with Crippen LogP contribution in [0.15, 0.2) is 18.2 Å². The lowest BCUT2D eigenvalue weighted by atomic mass is 10.1. The highest BCUT2D eigenvalue weighted by molar-refractivity contribution is 5.96. The molecule has 0 aliphatic carbocycles. The molecule has 0 saturated carbocycles. The number of carbonyl (C=O) groups excluding carboxylic acids is 4. The second kappa shape index (κ2) is 10.7. The van der Waals surface area contributed by atoms with Crippen LogP contribution in [0.3, 0.4) is 0 Å². The number of amides is 2. The first-order valence-electron chi connectivity index (χ1n) is 7.89. The van der Waals surface area contributed by atoms with Crippen molar-refractivity contribution in [1.82, 2.24) is 10.6 Å². The Morgan fingerprint density at radius 1 is 0.885 bits per heavy atom. The van der Waals surface area contributed by atoms with Crippen LogP contribution in [0.5, 0.6) is 5.75 Å². The quantitative estimate of drug-likeness (QED) is 0.602. The number of nitrogens with one attached hydrogen (secondary N) is 2. The highest BCUT2D eigenvalue weighted by Gasteiger charge is 2.15. The number of esters is 2. The van der Waals surface area contributed by atoms with Crippen molar-refractivity contribution < 1.29 is 33.4 Å². The molecule has 1 aromatic carbocycles. The summed E-state index contributed by atoms with van der Waals surface area (Å²) in [5.41, 5.74) is 0.148. The van der Waals surface area contributed by atoms with E-state index in [1.54, 1.807) is 0 Å². The van der Waals surface area contributed by atoms with Crippen LogP contribution in [-0.4, -0.2) is 57.7 Å². The van der Waals surface area contributed by atoms with Gasteiger partial charge in [-0.3, -0.25) is 9.59 Å². The molecule has 0 bridgehead atoms. The van der Waals surface area contributed by atoms with E-state index in [0.717, 1.165) is 6.42 Å². The van der Waals surface area contributed by atoms with E-state index in [1.807, 2.05) is 6.92 Å². The van der Waals surface area contributed by atoms with Gasteiger partial charge in [0.25, 0.3) is 5.91 Å². The molecule has 26 heavy (non-hydrogen) atoms. The van der Waals surface area contributed by atoms with E-state index in [1.165, 1.54) is 32.4 Å². The summed E-state index contributed by atoms with van der Waals surface area (Å²) in [7, 11) is 2.40. The van der Waals surface area contributed by atoms with Gasteiger partial charge in [0.1, 0.15) is 5.75 Å². The average molecular weight is 366 g/mol. The first-order chi connectivity index (χ1) is 12.4. The fourth-order valence-electron chi connectivity index (χ4n) is 1.86. The number of ether oxygens (including phenoxy) is 3. The van der Waals surface area contributed by atoms with Gasteiger partial charge in [-0.05, 0) is 24.6 Å². The Bertz CT molecular complexity index is 639. The van der Waals surface area contributed by atoms with Crippen molar-refractivity contribution in [2.45, 2.75) is 13.3 Å². The highest BCUT2D eigenvalue weighted by Crippen LogP contribution is 2.19. The molecule has 0 fully saturated rings. The smallest absolute Gasteiger partial charge is 0.338 e. The van der Waals surface area contributed by atoms with Crippen LogP contribution in [0, 0.1) is 0 Å². The molecule has 0 aromatic heterocycles. The number of rotatable bonds is 9. The lowest BCUT2D eigenvalue weighted by molar-refractivity contribution is -0.127. The van der Waals surface area contributed by atoms with Crippen molar-refractivity contribution in [3.8, 4) is 5.75 Å². The average Bonchev–Trinajstić information content (AvgIpc) is 2.67. The van der Waals surface area contributed by atoms with Crippen molar-refractivity contribution in [2.24, 2.45) is 0 Å². The maximum absolute atomic E-state index is 11.7. The molecular weight excluding hydrogens is 344 g/mol. The molecule has 9 heteroatoms. The van der Waals surface area contributed by atoms with Gasteiger partial charge in [0.15, 0.2) is 6.61 Å². The molecule has 1 aromatic rings. The molecule has 1 rings (SSSR count). The third-order valence-corrected chi connectivity index (χ3v) is 3.14.